The van der Waals surface area contributed by atoms with E-state index in [4.69, 9.17) is 11.6 Å². The molecule has 0 radical (unpaired) electrons. The van der Waals surface area contributed by atoms with Gasteiger partial charge in [0.1, 0.15) is 5.82 Å². The van der Waals surface area contributed by atoms with Gasteiger partial charge in [-0.25, -0.2) is 0 Å². The van der Waals surface area contributed by atoms with Crippen molar-refractivity contribution in [3.63, 3.8) is 0 Å². The van der Waals surface area contributed by atoms with Gasteiger partial charge in [0.05, 0.1) is 15.8 Å². The lowest BCUT2D eigenvalue weighted by molar-refractivity contribution is -0.384. The molecule has 0 unspecified atom stereocenters. The maximum absolute atomic E-state index is 11.2. The molecular weight excluding hydrogens is 348 g/mol. The van der Waals surface area contributed by atoms with E-state index in [2.05, 4.69) is 26.1 Å². The number of rotatable bonds is 4. The van der Waals surface area contributed by atoms with Crippen molar-refractivity contribution in [1.82, 2.24) is 14.8 Å². The minimum Gasteiger partial charge on any atom is -0.308 e. The SMILES string of the molecule is CC(C)n1c(CBr)nnc1-c1ccc(Cl)cc1[N+](=O)[O-]. The van der Waals surface area contributed by atoms with E-state index >= 15 is 0 Å². The van der Waals surface area contributed by atoms with Crippen LogP contribution in [0.5, 0.6) is 0 Å². The molecule has 0 aliphatic heterocycles. The molecule has 0 N–H and O–H groups in total. The Bertz CT molecular complexity index is 657. The van der Waals surface area contributed by atoms with Gasteiger partial charge in [-0.1, -0.05) is 27.5 Å². The summed E-state index contributed by atoms with van der Waals surface area (Å²) < 4.78 is 1.87. The molecule has 6 nitrogen and oxygen atoms in total. The molecule has 2 aromatic rings. The van der Waals surface area contributed by atoms with Gasteiger partial charge in [-0.05, 0) is 26.0 Å². The Morgan fingerprint density at radius 3 is 2.70 bits per heavy atom. The average molecular weight is 360 g/mol. The molecule has 1 aromatic heterocycles. The number of alkyl halides is 1. The van der Waals surface area contributed by atoms with Crippen LogP contribution in [-0.4, -0.2) is 19.7 Å². The summed E-state index contributed by atoms with van der Waals surface area (Å²) in [5.41, 5.74) is 0.334. The molecule has 0 spiro atoms. The van der Waals surface area contributed by atoms with Gasteiger partial charge in [0.25, 0.3) is 5.69 Å². The molecule has 0 saturated carbocycles. The number of nitro groups is 1. The van der Waals surface area contributed by atoms with Crippen molar-refractivity contribution in [2.75, 3.05) is 0 Å². The third-order valence-electron chi connectivity index (χ3n) is 2.80. The summed E-state index contributed by atoms with van der Waals surface area (Å²) in [5.74, 6) is 1.19. The fraction of sp³-hybridized carbons (Fsp3) is 0.333. The third kappa shape index (κ3) is 2.69. The molecule has 1 aromatic carbocycles. The van der Waals surface area contributed by atoms with E-state index in [-0.39, 0.29) is 11.7 Å². The molecular formula is C12H12BrClN4O2. The quantitative estimate of drug-likeness (QED) is 0.470. The summed E-state index contributed by atoms with van der Waals surface area (Å²) >= 11 is 9.17. The van der Waals surface area contributed by atoms with Gasteiger partial charge < -0.3 is 4.57 Å². The molecule has 0 aliphatic rings. The van der Waals surface area contributed by atoms with Gasteiger partial charge >= 0.3 is 0 Å². The topological polar surface area (TPSA) is 73.8 Å². The smallest absolute Gasteiger partial charge is 0.281 e. The van der Waals surface area contributed by atoms with Crippen LogP contribution < -0.4 is 0 Å². The van der Waals surface area contributed by atoms with Crippen LogP contribution in [0.2, 0.25) is 5.02 Å². The molecule has 0 aliphatic carbocycles. The zero-order chi connectivity index (χ0) is 14.9. The van der Waals surface area contributed by atoms with Crippen LogP contribution >= 0.6 is 27.5 Å². The number of aromatic nitrogens is 3. The van der Waals surface area contributed by atoms with Crippen LogP contribution in [0.1, 0.15) is 25.7 Å². The molecule has 106 valence electrons. The standard InChI is InChI=1S/C12H12BrClN4O2/c1-7(2)17-11(6-13)15-16-12(17)9-4-3-8(14)5-10(9)18(19)20/h3-5,7H,6H2,1-2H3. The third-order valence-corrected chi connectivity index (χ3v) is 3.54. The summed E-state index contributed by atoms with van der Waals surface area (Å²) in [7, 11) is 0. The van der Waals surface area contributed by atoms with Crippen molar-refractivity contribution < 1.29 is 4.92 Å². The Morgan fingerprint density at radius 1 is 1.45 bits per heavy atom. The molecule has 0 bridgehead atoms. The number of hydrogen-bond acceptors (Lipinski definition) is 4. The summed E-state index contributed by atoms with van der Waals surface area (Å²) in [4.78, 5) is 10.7. The van der Waals surface area contributed by atoms with E-state index in [1.165, 1.54) is 6.07 Å². The lowest BCUT2D eigenvalue weighted by Crippen LogP contribution is -2.07. The van der Waals surface area contributed by atoms with Crippen molar-refractivity contribution >= 4 is 33.2 Å². The van der Waals surface area contributed by atoms with Crippen LogP contribution in [0.4, 0.5) is 5.69 Å². The first-order valence-corrected chi connectivity index (χ1v) is 7.39. The fourth-order valence-electron chi connectivity index (χ4n) is 1.99. The highest BCUT2D eigenvalue weighted by Crippen LogP contribution is 2.33. The summed E-state index contributed by atoms with van der Waals surface area (Å²) in [5, 5.41) is 20.2. The van der Waals surface area contributed by atoms with Gasteiger partial charge in [-0.2, -0.15) is 0 Å². The van der Waals surface area contributed by atoms with Crippen molar-refractivity contribution in [3.05, 3.63) is 39.2 Å². The normalized spacial score (nSPS) is 11.1. The number of hydrogen-bond donors (Lipinski definition) is 0. The number of benzene rings is 1. The Labute approximate surface area is 129 Å². The number of nitrogens with zero attached hydrogens (tertiary/aromatic N) is 4. The van der Waals surface area contributed by atoms with Crippen LogP contribution in [0.15, 0.2) is 18.2 Å². The van der Waals surface area contributed by atoms with E-state index in [1.54, 1.807) is 12.1 Å². The van der Waals surface area contributed by atoms with Gasteiger partial charge in [-0.15, -0.1) is 10.2 Å². The second-order valence-corrected chi connectivity index (χ2v) is 5.45. The number of halogens is 2. The largest absolute Gasteiger partial charge is 0.308 e. The zero-order valence-corrected chi connectivity index (χ0v) is 13.2. The average Bonchev–Trinajstić information content (AvgIpc) is 2.82. The Morgan fingerprint density at radius 2 is 2.15 bits per heavy atom. The van der Waals surface area contributed by atoms with Gasteiger partial charge in [-0.3, -0.25) is 10.1 Å². The van der Waals surface area contributed by atoms with Crippen molar-refractivity contribution in [2.24, 2.45) is 0 Å². The van der Waals surface area contributed by atoms with E-state index in [9.17, 15) is 10.1 Å². The predicted octanol–water partition coefficient (Wildman–Crippen LogP) is 3.98. The van der Waals surface area contributed by atoms with Crippen LogP contribution in [-0.2, 0) is 5.33 Å². The van der Waals surface area contributed by atoms with Crippen LogP contribution in [0, 0.1) is 10.1 Å². The van der Waals surface area contributed by atoms with Crippen molar-refractivity contribution in [2.45, 2.75) is 25.2 Å². The monoisotopic (exact) mass is 358 g/mol. The molecule has 0 fully saturated rings. The highest BCUT2D eigenvalue weighted by atomic mass is 79.9. The molecule has 0 amide bonds. The first-order chi connectivity index (χ1) is 9.45. The van der Waals surface area contributed by atoms with E-state index < -0.39 is 4.92 Å². The summed E-state index contributed by atoms with van der Waals surface area (Å²) in [6, 6.07) is 4.62. The van der Waals surface area contributed by atoms with Crippen LogP contribution in [0.3, 0.4) is 0 Å². The van der Waals surface area contributed by atoms with Crippen LogP contribution in [0.25, 0.3) is 11.4 Å². The lowest BCUT2D eigenvalue weighted by Gasteiger charge is -2.13. The van der Waals surface area contributed by atoms with E-state index in [0.717, 1.165) is 5.82 Å². The molecule has 20 heavy (non-hydrogen) atoms. The van der Waals surface area contributed by atoms with Gasteiger partial charge in [0.2, 0.25) is 0 Å². The molecule has 0 atom stereocenters. The highest BCUT2D eigenvalue weighted by molar-refractivity contribution is 9.08. The second kappa shape index (κ2) is 5.88. The summed E-state index contributed by atoms with van der Waals surface area (Å²) in [6.07, 6.45) is 0. The Hall–Kier alpha value is -1.47. The zero-order valence-electron chi connectivity index (χ0n) is 10.9. The maximum Gasteiger partial charge on any atom is 0.281 e. The predicted molar refractivity (Wildman–Crippen MR) is 80.1 cm³/mol. The van der Waals surface area contributed by atoms with Gasteiger partial charge in [0, 0.05) is 17.1 Å². The van der Waals surface area contributed by atoms with E-state index in [1.807, 2.05) is 18.4 Å². The van der Waals surface area contributed by atoms with Crippen molar-refractivity contribution in [3.8, 4) is 11.4 Å². The van der Waals surface area contributed by atoms with Gasteiger partial charge in [0.15, 0.2) is 5.82 Å². The molecule has 2 rings (SSSR count). The minimum absolute atomic E-state index is 0.0760. The van der Waals surface area contributed by atoms with Crippen molar-refractivity contribution in [1.29, 1.82) is 0 Å². The molecule has 8 heteroatoms. The Balaban J connectivity index is 2.69. The van der Waals surface area contributed by atoms with E-state index in [0.29, 0.717) is 21.7 Å². The molecule has 1 heterocycles. The number of nitro benzene ring substituents is 1. The highest BCUT2D eigenvalue weighted by Gasteiger charge is 2.23. The molecule has 0 saturated heterocycles. The maximum atomic E-state index is 11.2. The lowest BCUT2D eigenvalue weighted by atomic mass is 10.1. The fourth-order valence-corrected chi connectivity index (χ4v) is 2.53. The summed E-state index contributed by atoms with van der Waals surface area (Å²) in [6.45, 7) is 3.95. The Kier molecular flexibility index (Phi) is 4.39. The minimum atomic E-state index is -0.464. The second-order valence-electron chi connectivity index (χ2n) is 4.46. The first kappa shape index (κ1) is 14.9. The first-order valence-electron chi connectivity index (χ1n) is 5.89.